The van der Waals surface area contributed by atoms with Gasteiger partial charge in [-0.3, -0.25) is 4.79 Å². The molecule has 0 bridgehead atoms. The van der Waals surface area contributed by atoms with Gasteiger partial charge in [0.15, 0.2) is 5.78 Å². The number of Topliss-reactive ketones (excluding diaryl/α,β-unsaturated/α-hetero) is 1. The van der Waals surface area contributed by atoms with E-state index in [9.17, 15) is 4.79 Å². The third-order valence-electron chi connectivity index (χ3n) is 2.17. The summed E-state index contributed by atoms with van der Waals surface area (Å²) in [6.45, 7) is 7.49. The Bertz CT molecular complexity index is 269. The SMILES string of the molecule is C=C(C)C1C=CC=C(C(C)=O)C1. The van der Waals surface area contributed by atoms with E-state index in [4.69, 9.17) is 0 Å². The maximum Gasteiger partial charge on any atom is 0.155 e. The van der Waals surface area contributed by atoms with Crippen LogP contribution in [0.25, 0.3) is 0 Å². The summed E-state index contributed by atoms with van der Waals surface area (Å²) in [5, 5.41) is 0. The average molecular weight is 162 g/mol. The van der Waals surface area contributed by atoms with Crippen LogP contribution in [0.1, 0.15) is 20.3 Å². The summed E-state index contributed by atoms with van der Waals surface area (Å²) < 4.78 is 0. The van der Waals surface area contributed by atoms with E-state index in [1.165, 1.54) is 0 Å². The van der Waals surface area contributed by atoms with Crippen molar-refractivity contribution in [1.82, 2.24) is 0 Å². The molecule has 0 saturated heterocycles. The van der Waals surface area contributed by atoms with E-state index in [0.717, 1.165) is 17.6 Å². The minimum atomic E-state index is 0.172. The zero-order chi connectivity index (χ0) is 9.14. The maximum atomic E-state index is 11.0. The summed E-state index contributed by atoms with van der Waals surface area (Å²) in [4.78, 5) is 11.0. The van der Waals surface area contributed by atoms with Gasteiger partial charge in [0.05, 0.1) is 0 Å². The van der Waals surface area contributed by atoms with E-state index in [0.29, 0.717) is 5.92 Å². The van der Waals surface area contributed by atoms with E-state index in [1.807, 2.05) is 19.1 Å². The van der Waals surface area contributed by atoms with Crippen molar-refractivity contribution in [2.45, 2.75) is 20.3 Å². The van der Waals surface area contributed by atoms with Crippen LogP contribution in [-0.4, -0.2) is 5.78 Å². The predicted molar refractivity (Wildman–Crippen MR) is 50.8 cm³/mol. The minimum Gasteiger partial charge on any atom is -0.295 e. The van der Waals surface area contributed by atoms with Gasteiger partial charge in [0.1, 0.15) is 0 Å². The van der Waals surface area contributed by atoms with Crippen LogP contribution in [0, 0.1) is 5.92 Å². The highest BCUT2D eigenvalue weighted by Crippen LogP contribution is 2.24. The molecule has 1 unspecified atom stereocenters. The molecule has 12 heavy (non-hydrogen) atoms. The lowest BCUT2D eigenvalue weighted by molar-refractivity contribution is -0.113. The van der Waals surface area contributed by atoms with Gasteiger partial charge in [-0.05, 0) is 25.8 Å². The lowest BCUT2D eigenvalue weighted by atomic mass is 9.88. The first-order chi connectivity index (χ1) is 5.61. The van der Waals surface area contributed by atoms with E-state index in [2.05, 4.69) is 12.7 Å². The molecule has 1 atom stereocenters. The molecule has 0 saturated carbocycles. The number of ketones is 1. The van der Waals surface area contributed by atoms with Gasteiger partial charge >= 0.3 is 0 Å². The molecule has 0 radical (unpaired) electrons. The number of hydrogen-bond acceptors (Lipinski definition) is 1. The molecule has 0 amide bonds. The summed E-state index contributed by atoms with van der Waals surface area (Å²) in [5.41, 5.74) is 2.03. The first-order valence-electron chi connectivity index (χ1n) is 4.15. The molecule has 1 aliphatic rings. The van der Waals surface area contributed by atoms with Crippen LogP contribution in [0.4, 0.5) is 0 Å². The van der Waals surface area contributed by atoms with Gasteiger partial charge in [0.25, 0.3) is 0 Å². The van der Waals surface area contributed by atoms with Crippen molar-refractivity contribution in [2.75, 3.05) is 0 Å². The van der Waals surface area contributed by atoms with Gasteiger partial charge < -0.3 is 0 Å². The fraction of sp³-hybridized carbons (Fsp3) is 0.364. The Hall–Kier alpha value is -1.11. The molecule has 0 spiro atoms. The molecule has 1 aliphatic carbocycles. The van der Waals surface area contributed by atoms with Gasteiger partial charge in [-0.15, -0.1) is 0 Å². The molecule has 0 heterocycles. The summed E-state index contributed by atoms with van der Waals surface area (Å²) in [6.07, 6.45) is 6.75. The van der Waals surface area contributed by atoms with Gasteiger partial charge in [0, 0.05) is 5.92 Å². The topological polar surface area (TPSA) is 17.1 Å². The molecular formula is C11H14O. The Morgan fingerprint density at radius 2 is 2.25 bits per heavy atom. The average Bonchev–Trinajstić information content (AvgIpc) is 2.04. The summed E-state index contributed by atoms with van der Waals surface area (Å²) in [6, 6.07) is 0. The van der Waals surface area contributed by atoms with Crippen molar-refractivity contribution in [1.29, 1.82) is 0 Å². The van der Waals surface area contributed by atoms with Crippen LogP contribution < -0.4 is 0 Å². The van der Waals surface area contributed by atoms with Gasteiger partial charge in [-0.25, -0.2) is 0 Å². The molecule has 1 rings (SSSR count). The highest BCUT2D eigenvalue weighted by molar-refractivity contribution is 5.93. The highest BCUT2D eigenvalue weighted by Gasteiger charge is 2.14. The second kappa shape index (κ2) is 3.53. The molecule has 1 nitrogen and oxygen atoms in total. The number of carbonyl (C=O) groups is 1. The Labute approximate surface area is 73.5 Å². The number of carbonyl (C=O) groups excluding carboxylic acids is 1. The third kappa shape index (κ3) is 1.94. The van der Waals surface area contributed by atoms with E-state index >= 15 is 0 Å². The summed E-state index contributed by atoms with van der Waals surface area (Å²) in [5.74, 6) is 0.527. The van der Waals surface area contributed by atoms with Crippen molar-refractivity contribution in [3.8, 4) is 0 Å². The van der Waals surface area contributed by atoms with Crippen molar-refractivity contribution in [2.24, 2.45) is 5.92 Å². The van der Waals surface area contributed by atoms with Crippen LogP contribution in [-0.2, 0) is 4.79 Å². The highest BCUT2D eigenvalue weighted by atomic mass is 16.1. The largest absolute Gasteiger partial charge is 0.295 e. The molecule has 0 aromatic rings. The first-order valence-corrected chi connectivity index (χ1v) is 4.15. The number of rotatable bonds is 2. The Kier molecular flexibility index (Phi) is 2.64. The fourth-order valence-corrected chi connectivity index (χ4v) is 1.28. The van der Waals surface area contributed by atoms with E-state index < -0.39 is 0 Å². The van der Waals surface area contributed by atoms with Crippen molar-refractivity contribution >= 4 is 5.78 Å². The zero-order valence-electron chi connectivity index (χ0n) is 7.63. The second-order valence-corrected chi connectivity index (χ2v) is 3.29. The van der Waals surface area contributed by atoms with Crippen molar-refractivity contribution in [3.63, 3.8) is 0 Å². The molecule has 0 fully saturated rings. The lowest BCUT2D eigenvalue weighted by Gasteiger charge is -2.16. The van der Waals surface area contributed by atoms with E-state index in [-0.39, 0.29) is 5.78 Å². The smallest absolute Gasteiger partial charge is 0.155 e. The van der Waals surface area contributed by atoms with Crippen LogP contribution in [0.15, 0.2) is 36.0 Å². The predicted octanol–water partition coefficient (Wildman–Crippen LogP) is 2.65. The zero-order valence-corrected chi connectivity index (χ0v) is 7.63. The Balaban J connectivity index is 2.74. The summed E-state index contributed by atoms with van der Waals surface area (Å²) in [7, 11) is 0. The minimum absolute atomic E-state index is 0.172. The molecule has 0 aromatic heterocycles. The third-order valence-corrected chi connectivity index (χ3v) is 2.17. The second-order valence-electron chi connectivity index (χ2n) is 3.29. The lowest BCUT2D eigenvalue weighted by Crippen LogP contribution is -2.07. The molecule has 1 heteroatoms. The van der Waals surface area contributed by atoms with Gasteiger partial charge in [-0.2, -0.15) is 0 Å². The first kappa shape index (κ1) is 8.98. The van der Waals surface area contributed by atoms with Gasteiger partial charge in [0.2, 0.25) is 0 Å². The molecular weight excluding hydrogens is 148 g/mol. The van der Waals surface area contributed by atoms with Crippen LogP contribution in [0.5, 0.6) is 0 Å². The standard InChI is InChI=1S/C11H14O/c1-8(2)10-5-4-6-11(7-10)9(3)12/h4-6,10H,1,7H2,2-3H3. The molecule has 0 N–H and O–H groups in total. The number of hydrogen-bond donors (Lipinski definition) is 0. The fourth-order valence-electron chi connectivity index (χ4n) is 1.28. The Morgan fingerprint density at radius 1 is 1.58 bits per heavy atom. The molecule has 0 aromatic carbocycles. The van der Waals surface area contributed by atoms with Gasteiger partial charge in [-0.1, -0.05) is 30.4 Å². The number of allylic oxidation sites excluding steroid dienone is 5. The quantitative estimate of drug-likeness (QED) is 0.570. The Morgan fingerprint density at radius 3 is 2.75 bits per heavy atom. The monoisotopic (exact) mass is 162 g/mol. The van der Waals surface area contributed by atoms with Crippen LogP contribution in [0.3, 0.4) is 0 Å². The van der Waals surface area contributed by atoms with E-state index in [1.54, 1.807) is 6.92 Å². The normalized spacial score (nSPS) is 21.8. The van der Waals surface area contributed by atoms with Crippen LogP contribution >= 0.6 is 0 Å². The molecule has 0 aliphatic heterocycles. The maximum absolute atomic E-state index is 11.0. The molecule has 64 valence electrons. The summed E-state index contributed by atoms with van der Waals surface area (Å²) >= 11 is 0. The van der Waals surface area contributed by atoms with Crippen molar-refractivity contribution in [3.05, 3.63) is 36.0 Å². The van der Waals surface area contributed by atoms with Crippen LogP contribution in [0.2, 0.25) is 0 Å². The van der Waals surface area contributed by atoms with Crippen molar-refractivity contribution < 1.29 is 4.79 Å².